The maximum Gasteiger partial charge on any atom is 0.159 e. The minimum Gasteiger partial charge on any atom is -0.456 e. The van der Waals surface area contributed by atoms with Crippen LogP contribution in [0.3, 0.4) is 0 Å². The zero-order valence-electron chi connectivity index (χ0n) is 27.2. The molecule has 0 unspecified atom stereocenters. The van der Waals surface area contributed by atoms with Crippen LogP contribution in [-0.2, 0) is 0 Å². The summed E-state index contributed by atoms with van der Waals surface area (Å²) < 4.78 is 6.25. The molecule has 48 heavy (non-hydrogen) atoms. The molecule has 5 nitrogen and oxygen atoms in total. The fourth-order valence-electron chi connectivity index (χ4n) is 6.13. The summed E-state index contributed by atoms with van der Waals surface area (Å²) in [5, 5.41) is 2.12. The maximum atomic E-state index is 6.25. The van der Waals surface area contributed by atoms with Gasteiger partial charge in [0.1, 0.15) is 11.2 Å². The van der Waals surface area contributed by atoms with E-state index in [1.165, 1.54) is 0 Å². The predicted molar refractivity (Wildman–Crippen MR) is 201 cm³/mol. The number of hydrogen-bond donors (Lipinski definition) is 0. The van der Waals surface area contributed by atoms with Crippen LogP contribution < -0.4 is 0 Å². The third-order valence-corrected chi connectivity index (χ3v) is 8.43. The molecule has 0 radical (unpaired) electrons. The molecule has 4 aromatic carbocycles. The first-order chi connectivity index (χ1) is 23.6. The highest BCUT2D eigenvalue weighted by Gasteiger charge is 2.20. The molecule has 0 N–H and O–H groups in total. The van der Waals surface area contributed by atoms with Crippen LogP contribution in [0.2, 0.25) is 0 Å². The van der Waals surface area contributed by atoms with E-state index in [4.69, 9.17) is 19.4 Å². The van der Waals surface area contributed by atoms with Gasteiger partial charge in [0.25, 0.3) is 0 Å². The van der Waals surface area contributed by atoms with E-state index in [1.807, 2.05) is 99.8 Å². The lowest BCUT2D eigenvalue weighted by molar-refractivity contribution is 0.669. The van der Waals surface area contributed by atoms with Crippen LogP contribution in [-0.4, -0.2) is 21.7 Å². The van der Waals surface area contributed by atoms with Crippen LogP contribution in [0.5, 0.6) is 0 Å². The van der Waals surface area contributed by atoms with Crippen LogP contribution in [0.4, 0.5) is 5.82 Å². The lowest BCUT2D eigenvalue weighted by Gasteiger charge is -2.16. The summed E-state index contributed by atoms with van der Waals surface area (Å²) in [6.07, 6.45) is 12.0. The molecule has 232 valence electrons. The van der Waals surface area contributed by atoms with Gasteiger partial charge >= 0.3 is 0 Å². The van der Waals surface area contributed by atoms with Crippen molar-refractivity contribution in [2.24, 2.45) is 4.99 Å². The fourth-order valence-corrected chi connectivity index (χ4v) is 6.13. The molecule has 0 aliphatic carbocycles. The predicted octanol–water partition coefficient (Wildman–Crippen LogP) is 11.8. The standard InChI is InChI=1S/C43H34N4O/c1-5-7-15-28(3)42-46-36(29-16-9-8-10-17-29)26-37(47-42)30-22-24-31(25-23-30)40-34(14-6-2)43(44-4)45-27-35(40)32-19-13-21-39-41(32)33-18-11-12-20-38(33)48-39/h5-27H,4H2,1-3H3/b7-5-,14-6-,28-15+. The lowest BCUT2D eigenvalue weighted by Crippen LogP contribution is -1.98. The highest BCUT2D eigenvalue weighted by molar-refractivity contribution is 6.14. The van der Waals surface area contributed by atoms with Gasteiger partial charge in [-0.25, -0.2) is 19.9 Å². The fraction of sp³-hybridized carbons (Fsp3) is 0.0698. The van der Waals surface area contributed by atoms with Crippen molar-refractivity contribution < 1.29 is 4.42 Å². The molecule has 0 saturated heterocycles. The Kier molecular flexibility index (Phi) is 8.42. The van der Waals surface area contributed by atoms with Crippen molar-refractivity contribution in [3.05, 3.63) is 145 Å². The highest BCUT2D eigenvalue weighted by atomic mass is 16.3. The monoisotopic (exact) mass is 622 g/mol. The molecule has 0 saturated carbocycles. The van der Waals surface area contributed by atoms with Crippen LogP contribution in [0, 0.1) is 0 Å². The summed E-state index contributed by atoms with van der Waals surface area (Å²) in [6, 6.07) is 35.2. The first-order valence-electron chi connectivity index (χ1n) is 16.0. The largest absolute Gasteiger partial charge is 0.456 e. The number of aliphatic imine (C=N–C) groups is 1. The van der Waals surface area contributed by atoms with E-state index in [2.05, 4.69) is 72.4 Å². The number of furan rings is 1. The number of nitrogens with zero attached hydrogens (tertiary/aromatic N) is 4. The van der Waals surface area contributed by atoms with Crippen LogP contribution in [0.25, 0.3) is 78.4 Å². The number of para-hydroxylation sites is 1. The molecule has 0 aliphatic heterocycles. The van der Waals surface area contributed by atoms with Gasteiger partial charge in [-0.1, -0.05) is 115 Å². The molecule has 0 spiro atoms. The maximum absolute atomic E-state index is 6.25. The third-order valence-electron chi connectivity index (χ3n) is 8.43. The SMILES string of the molecule is C=Nc1ncc(-c2cccc3oc4ccccc4c23)c(-c2ccc(-c3cc(-c4ccccc4)nc(/C(C)=C/C=C\C)n3)cc2)c1/C=C\C. The zero-order chi connectivity index (χ0) is 33.0. The summed E-state index contributed by atoms with van der Waals surface area (Å²) in [5.41, 5.74) is 11.4. The Morgan fingerprint density at radius 3 is 2.15 bits per heavy atom. The van der Waals surface area contributed by atoms with Crippen molar-refractivity contribution >= 4 is 46.1 Å². The Hall–Kier alpha value is -6.20. The average molecular weight is 623 g/mol. The van der Waals surface area contributed by atoms with Gasteiger partial charge in [0.15, 0.2) is 11.6 Å². The highest BCUT2D eigenvalue weighted by Crippen LogP contribution is 2.44. The normalized spacial score (nSPS) is 12.1. The summed E-state index contributed by atoms with van der Waals surface area (Å²) >= 11 is 0. The van der Waals surface area contributed by atoms with Gasteiger partial charge in [-0.3, -0.25) is 0 Å². The zero-order valence-corrected chi connectivity index (χ0v) is 27.2. The summed E-state index contributed by atoms with van der Waals surface area (Å²) in [5.74, 6) is 1.28. The second kappa shape index (κ2) is 13.3. The molecule has 0 amide bonds. The molecular weight excluding hydrogens is 589 g/mol. The Labute approximate surface area is 280 Å². The minimum absolute atomic E-state index is 0.580. The van der Waals surface area contributed by atoms with Crippen LogP contribution >= 0.6 is 0 Å². The van der Waals surface area contributed by atoms with Gasteiger partial charge < -0.3 is 4.42 Å². The van der Waals surface area contributed by atoms with E-state index in [0.29, 0.717) is 11.6 Å². The van der Waals surface area contributed by atoms with Gasteiger partial charge in [-0.2, -0.15) is 0 Å². The van der Waals surface area contributed by atoms with Crippen LogP contribution in [0.15, 0.2) is 143 Å². The van der Waals surface area contributed by atoms with E-state index in [0.717, 1.165) is 77.8 Å². The lowest BCUT2D eigenvalue weighted by atomic mass is 9.89. The molecule has 0 fully saturated rings. The third kappa shape index (κ3) is 5.67. The van der Waals surface area contributed by atoms with Gasteiger partial charge in [0, 0.05) is 44.8 Å². The molecule has 0 bridgehead atoms. The minimum atomic E-state index is 0.580. The average Bonchev–Trinajstić information content (AvgIpc) is 3.53. The Morgan fingerprint density at radius 2 is 1.42 bits per heavy atom. The summed E-state index contributed by atoms with van der Waals surface area (Å²) in [7, 11) is 0. The first kappa shape index (κ1) is 30.5. The molecule has 3 aromatic heterocycles. The second-order valence-electron chi connectivity index (χ2n) is 11.5. The molecular formula is C43H34N4O. The molecule has 0 atom stereocenters. The van der Waals surface area contributed by atoms with Crippen LogP contribution in [0.1, 0.15) is 32.2 Å². The second-order valence-corrected chi connectivity index (χ2v) is 11.5. The molecule has 7 aromatic rings. The van der Waals surface area contributed by atoms with E-state index >= 15 is 0 Å². The molecule has 7 rings (SSSR count). The van der Waals surface area contributed by atoms with Gasteiger partial charge in [0.05, 0.1) is 11.4 Å². The van der Waals surface area contributed by atoms with Crippen molar-refractivity contribution in [1.82, 2.24) is 15.0 Å². The molecule has 3 heterocycles. The van der Waals surface area contributed by atoms with Crippen molar-refractivity contribution in [3.8, 4) is 44.8 Å². The van der Waals surface area contributed by atoms with Crippen molar-refractivity contribution in [2.45, 2.75) is 20.8 Å². The Bertz CT molecular complexity index is 2380. The number of aromatic nitrogens is 3. The number of rotatable bonds is 8. The van der Waals surface area contributed by atoms with E-state index in [9.17, 15) is 0 Å². The van der Waals surface area contributed by atoms with E-state index in [1.54, 1.807) is 0 Å². The molecule has 5 heteroatoms. The number of hydrogen-bond acceptors (Lipinski definition) is 5. The number of allylic oxidation sites excluding steroid dienone is 5. The quantitative estimate of drug-likeness (QED) is 0.125. The molecule has 0 aliphatic rings. The van der Waals surface area contributed by atoms with Gasteiger partial charge in [-0.15, -0.1) is 0 Å². The van der Waals surface area contributed by atoms with Crippen molar-refractivity contribution in [2.75, 3.05) is 0 Å². The van der Waals surface area contributed by atoms with Gasteiger partial charge in [-0.05, 0) is 62.4 Å². The summed E-state index contributed by atoms with van der Waals surface area (Å²) in [6.45, 7) is 9.88. The van der Waals surface area contributed by atoms with E-state index in [-0.39, 0.29) is 0 Å². The summed E-state index contributed by atoms with van der Waals surface area (Å²) in [4.78, 5) is 19.0. The van der Waals surface area contributed by atoms with Crippen molar-refractivity contribution in [1.29, 1.82) is 0 Å². The smallest absolute Gasteiger partial charge is 0.159 e. The Balaban J connectivity index is 1.41. The topological polar surface area (TPSA) is 64.2 Å². The van der Waals surface area contributed by atoms with Gasteiger partial charge in [0.2, 0.25) is 0 Å². The van der Waals surface area contributed by atoms with E-state index < -0.39 is 0 Å². The van der Waals surface area contributed by atoms with Crippen molar-refractivity contribution in [3.63, 3.8) is 0 Å². The first-order valence-corrected chi connectivity index (χ1v) is 16.0. The number of fused-ring (bicyclic) bond motifs is 3. The Morgan fingerprint density at radius 1 is 0.729 bits per heavy atom. The number of benzene rings is 4. The number of pyridine rings is 1.